The lowest BCUT2D eigenvalue weighted by atomic mass is 10.0. The minimum absolute atomic E-state index is 1.11. The molecule has 0 spiro atoms. The molecule has 0 aliphatic rings. The molecule has 2 nitrogen and oxygen atoms in total. The average Bonchev–Trinajstić information content (AvgIpc) is 3.16. The van der Waals surface area contributed by atoms with Crippen molar-refractivity contribution in [2.24, 2.45) is 0 Å². The molecule has 0 amide bonds. The van der Waals surface area contributed by atoms with Gasteiger partial charge in [0.1, 0.15) is 0 Å². The van der Waals surface area contributed by atoms with Gasteiger partial charge in [-0.3, -0.25) is 4.98 Å². The van der Waals surface area contributed by atoms with Crippen LogP contribution in [0.2, 0.25) is 0 Å². The largest absolute Gasteiger partial charge is 0.315 e. The predicted molar refractivity (Wildman–Crippen MR) is 99.0 cm³/mol. The third-order valence-corrected chi connectivity index (χ3v) is 5.86. The Kier molecular flexibility index (Phi) is 1.96. The van der Waals surface area contributed by atoms with Gasteiger partial charge in [0.15, 0.2) is 0 Å². The Hall–Kier alpha value is -2.65. The van der Waals surface area contributed by atoms with Crippen LogP contribution in [0.4, 0.5) is 0 Å². The molecule has 3 heteroatoms. The third kappa shape index (κ3) is 1.32. The van der Waals surface area contributed by atoms with E-state index in [1.165, 1.54) is 48.2 Å². The first-order chi connectivity index (χ1) is 11.3. The molecule has 0 fully saturated rings. The van der Waals surface area contributed by atoms with Crippen molar-refractivity contribution in [2.45, 2.75) is 6.92 Å². The fourth-order valence-corrected chi connectivity index (χ4v) is 4.74. The summed E-state index contributed by atoms with van der Waals surface area (Å²) in [6.07, 6.45) is 4.19. The van der Waals surface area contributed by atoms with Gasteiger partial charge in [-0.25, -0.2) is 0 Å². The van der Waals surface area contributed by atoms with Crippen LogP contribution in [-0.2, 0) is 0 Å². The highest BCUT2D eigenvalue weighted by molar-refractivity contribution is 7.17. The summed E-state index contributed by atoms with van der Waals surface area (Å²) in [5.74, 6) is 0. The lowest BCUT2D eigenvalue weighted by Crippen LogP contribution is -1.92. The Balaban J connectivity index is 2.09. The van der Waals surface area contributed by atoms with Crippen LogP contribution in [0.25, 0.3) is 48.2 Å². The quantitative estimate of drug-likeness (QED) is 0.258. The van der Waals surface area contributed by atoms with Crippen LogP contribution in [0, 0.1) is 6.92 Å². The zero-order valence-corrected chi connectivity index (χ0v) is 13.3. The van der Waals surface area contributed by atoms with Gasteiger partial charge in [0.25, 0.3) is 0 Å². The normalized spacial score (nSPS) is 12.6. The number of aryl methyl sites for hydroxylation is 1. The predicted octanol–water partition coefficient (Wildman–Crippen LogP) is 5.75. The van der Waals surface area contributed by atoms with Crippen molar-refractivity contribution in [1.29, 1.82) is 0 Å². The maximum absolute atomic E-state index is 4.75. The first-order valence-electron chi connectivity index (χ1n) is 7.73. The molecular formula is C20H12N2S. The van der Waals surface area contributed by atoms with E-state index in [-0.39, 0.29) is 0 Å². The van der Waals surface area contributed by atoms with E-state index in [1.54, 1.807) is 11.3 Å². The molecule has 0 aliphatic heterocycles. The van der Waals surface area contributed by atoms with Crippen LogP contribution in [-0.4, -0.2) is 9.38 Å². The number of hydrogen-bond donors (Lipinski definition) is 0. The lowest BCUT2D eigenvalue weighted by molar-refractivity contribution is 1.26. The molecule has 23 heavy (non-hydrogen) atoms. The zero-order valence-electron chi connectivity index (χ0n) is 12.5. The van der Waals surface area contributed by atoms with Crippen LogP contribution in [0.1, 0.15) is 5.56 Å². The molecule has 4 heterocycles. The molecule has 6 aromatic rings. The highest BCUT2D eigenvalue weighted by atomic mass is 32.1. The van der Waals surface area contributed by atoms with E-state index in [9.17, 15) is 0 Å². The van der Waals surface area contributed by atoms with Crippen molar-refractivity contribution in [3.8, 4) is 0 Å². The number of pyridine rings is 2. The summed E-state index contributed by atoms with van der Waals surface area (Å²) in [7, 11) is 0. The van der Waals surface area contributed by atoms with Crippen LogP contribution in [0.3, 0.4) is 0 Å². The molecule has 0 radical (unpaired) electrons. The number of fused-ring (bicyclic) bond motifs is 4. The lowest BCUT2D eigenvalue weighted by Gasteiger charge is -2.11. The molecule has 2 aromatic carbocycles. The minimum Gasteiger partial charge on any atom is -0.315 e. The van der Waals surface area contributed by atoms with Crippen molar-refractivity contribution in [3.63, 3.8) is 0 Å². The molecule has 0 atom stereocenters. The minimum atomic E-state index is 1.11. The molecule has 108 valence electrons. The molecule has 0 saturated carbocycles. The molecular weight excluding hydrogens is 300 g/mol. The van der Waals surface area contributed by atoms with Crippen molar-refractivity contribution in [1.82, 2.24) is 9.38 Å². The van der Waals surface area contributed by atoms with Gasteiger partial charge in [-0.15, -0.1) is 11.3 Å². The van der Waals surface area contributed by atoms with Gasteiger partial charge >= 0.3 is 0 Å². The molecule has 0 bridgehead atoms. The van der Waals surface area contributed by atoms with Crippen LogP contribution < -0.4 is 0 Å². The van der Waals surface area contributed by atoms with E-state index in [2.05, 4.69) is 59.3 Å². The third-order valence-electron chi connectivity index (χ3n) is 4.98. The molecule has 0 unspecified atom stereocenters. The van der Waals surface area contributed by atoms with Gasteiger partial charge in [0, 0.05) is 33.3 Å². The summed E-state index contributed by atoms with van der Waals surface area (Å²) in [5.41, 5.74) is 4.97. The van der Waals surface area contributed by atoms with E-state index < -0.39 is 0 Å². The number of rotatable bonds is 0. The number of thiophene rings is 1. The second kappa shape index (κ2) is 3.81. The fourth-order valence-electron chi connectivity index (χ4n) is 3.93. The van der Waals surface area contributed by atoms with Gasteiger partial charge in [-0.2, -0.15) is 0 Å². The smallest absolute Gasteiger partial charge is 0.0823 e. The van der Waals surface area contributed by atoms with E-state index in [0.29, 0.717) is 0 Å². The second-order valence-electron chi connectivity index (χ2n) is 6.23. The molecule has 4 aromatic heterocycles. The van der Waals surface area contributed by atoms with Gasteiger partial charge < -0.3 is 4.40 Å². The summed E-state index contributed by atoms with van der Waals surface area (Å²) < 4.78 is 3.68. The fraction of sp³-hybridized carbons (Fsp3) is 0.0500. The molecule has 0 aliphatic carbocycles. The molecule has 0 saturated heterocycles. The zero-order chi connectivity index (χ0) is 15.1. The van der Waals surface area contributed by atoms with Gasteiger partial charge in [-0.1, -0.05) is 12.1 Å². The van der Waals surface area contributed by atoms with Gasteiger partial charge in [0.2, 0.25) is 0 Å². The van der Waals surface area contributed by atoms with E-state index in [1.807, 2.05) is 6.20 Å². The van der Waals surface area contributed by atoms with Crippen molar-refractivity contribution in [2.75, 3.05) is 0 Å². The van der Waals surface area contributed by atoms with E-state index in [0.717, 1.165) is 5.52 Å². The molecule has 6 rings (SSSR count). The monoisotopic (exact) mass is 312 g/mol. The van der Waals surface area contributed by atoms with Gasteiger partial charge in [-0.05, 0) is 52.9 Å². The van der Waals surface area contributed by atoms with Crippen LogP contribution in [0.15, 0.2) is 54.2 Å². The summed E-state index contributed by atoms with van der Waals surface area (Å²) in [4.78, 5) is 4.75. The number of nitrogens with zero attached hydrogens (tertiary/aromatic N) is 2. The maximum atomic E-state index is 4.75. The van der Waals surface area contributed by atoms with Gasteiger partial charge in [0.05, 0.1) is 16.6 Å². The average molecular weight is 312 g/mol. The summed E-state index contributed by atoms with van der Waals surface area (Å²) in [6.45, 7) is 2.19. The Morgan fingerprint density at radius 1 is 1.00 bits per heavy atom. The Morgan fingerprint density at radius 2 is 1.96 bits per heavy atom. The van der Waals surface area contributed by atoms with Crippen LogP contribution >= 0.6 is 11.3 Å². The summed E-state index contributed by atoms with van der Waals surface area (Å²) >= 11 is 1.79. The SMILES string of the molecule is Cc1cn2c3cc4ccsc4cc3c3nccc4ccc1c2c43. The highest BCUT2D eigenvalue weighted by Gasteiger charge is 2.16. The Labute approximate surface area is 135 Å². The Bertz CT molecular complexity index is 1370. The first-order valence-corrected chi connectivity index (χ1v) is 8.60. The standard InChI is InChI=1S/C20H12N2S/c1-11-10-22-16-8-13-5-7-23-17(13)9-15(16)19-18-12(4-6-21-19)2-3-14(11)20(18)22/h2-10H,1H3. The summed E-state index contributed by atoms with van der Waals surface area (Å²) in [5, 5.41) is 8.57. The maximum Gasteiger partial charge on any atom is 0.0823 e. The van der Waals surface area contributed by atoms with E-state index in [4.69, 9.17) is 4.98 Å². The number of aromatic nitrogens is 2. The summed E-state index contributed by atoms with van der Waals surface area (Å²) in [6, 6.07) is 13.4. The highest BCUT2D eigenvalue weighted by Crippen LogP contribution is 2.38. The van der Waals surface area contributed by atoms with Crippen LogP contribution in [0.5, 0.6) is 0 Å². The van der Waals surface area contributed by atoms with Crippen molar-refractivity contribution in [3.05, 3.63) is 59.7 Å². The number of benzene rings is 2. The Morgan fingerprint density at radius 3 is 2.91 bits per heavy atom. The van der Waals surface area contributed by atoms with Crippen molar-refractivity contribution >= 4 is 59.5 Å². The molecule has 0 N–H and O–H groups in total. The van der Waals surface area contributed by atoms with E-state index >= 15 is 0 Å². The second-order valence-corrected chi connectivity index (χ2v) is 7.18. The van der Waals surface area contributed by atoms with Crippen molar-refractivity contribution < 1.29 is 0 Å². The topological polar surface area (TPSA) is 17.3 Å². The number of hydrogen-bond acceptors (Lipinski definition) is 2. The first kappa shape index (κ1) is 11.9.